The quantitative estimate of drug-likeness (QED) is 0.745. The first-order valence-corrected chi connectivity index (χ1v) is 9.71. The maximum atomic E-state index is 12.7. The molecule has 0 aromatic rings. The van der Waals surface area contributed by atoms with Crippen LogP contribution in [-0.4, -0.2) is 68.3 Å². The zero-order valence-electron chi connectivity index (χ0n) is 13.2. The third kappa shape index (κ3) is 4.54. The number of likely N-dealkylation sites (N-methyl/N-ethyl adjacent to an activating group) is 1. The van der Waals surface area contributed by atoms with Crippen molar-refractivity contribution in [1.82, 2.24) is 9.57 Å². The molecule has 2 fully saturated rings. The highest BCUT2D eigenvalue weighted by Crippen LogP contribution is 2.48. The molecule has 0 N–H and O–H groups in total. The predicted molar refractivity (Wildman–Crippen MR) is 81.3 cm³/mol. The molecule has 0 bridgehead atoms. The van der Waals surface area contributed by atoms with E-state index in [1.165, 1.54) is 0 Å². The largest absolute Gasteiger partial charge is 0.370 e. The Morgan fingerprint density at radius 1 is 1.25 bits per heavy atom. The van der Waals surface area contributed by atoms with Gasteiger partial charge in [0.15, 0.2) is 0 Å². The van der Waals surface area contributed by atoms with E-state index >= 15 is 0 Å². The van der Waals surface area contributed by atoms with Gasteiger partial charge in [-0.15, -0.1) is 0 Å². The van der Waals surface area contributed by atoms with Crippen LogP contribution in [0.1, 0.15) is 26.7 Å². The Bertz CT molecular complexity index is 348. The number of piperidine rings is 1. The minimum absolute atomic E-state index is 0.0285. The number of morpholine rings is 1. The Morgan fingerprint density at radius 3 is 2.50 bits per heavy atom. The lowest BCUT2D eigenvalue weighted by Crippen LogP contribution is -2.46. The van der Waals surface area contributed by atoms with Gasteiger partial charge in [0.2, 0.25) is 0 Å². The zero-order valence-corrected chi connectivity index (χ0v) is 14.1. The molecule has 20 heavy (non-hydrogen) atoms. The summed E-state index contributed by atoms with van der Waals surface area (Å²) in [6.07, 6.45) is 2.47. The number of hydrogen-bond donors (Lipinski definition) is 0. The van der Waals surface area contributed by atoms with Crippen molar-refractivity contribution in [2.45, 2.75) is 38.9 Å². The van der Waals surface area contributed by atoms with Crippen molar-refractivity contribution in [1.29, 1.82) is 0 Å². The second kappa shape index (κ2) is 6.89. The first kappa shape index (κ1) is 16.4. The van der Waals surface area contributed by atoms with Crippen molar-refractivity contribution in [2.75, 3.05) is 46.5 Å². The van der Waals surface area contributed by atoms with Crippen molar-refractivity contribution in [2.24, 2.45) is 5.92 Å². The van der Waals surface area contributed by atoms with Gasteiger partial charge < -0.3 is 14.2 Å². The second-order valence-corrected chi connectivity index (χ2v) is 8.95. The molecule has 2 aliphatic rings. The van der Waals surface area contributed by atoms with Crippen LogP contribution in [0, 0.1) is 5.92 Å². The van der Waals surface area contributed by atoms with E-state index in [2.05, 4.69) is 25.8 Å². The minimum Gasteiger partial charge on any atom is -0.370 e. The van der Waals surface area contributed by atoms with Crippen LogP contribution in [0.4, 0.5) is 0 Å². The molecule has 0 amide bonds. The van der Waals surface area contributed by atoms with Crippen LogP contribution in [-0.2, 0) is 13.8 Å². The second-order valence-electron chi connectivity index (χ2n) is 6.52. The standard InChI is InChI=1S/C14H29N2O3P/c1-12-5-7-16(8-6-12)20(4,17)18-11-14-10-15(3)9-13(2)19-14/h12-14H,5-11H2,1-4H3. The van der Waals surface area contributed by atoms with Gasteiger partial charge in [-0.25, -0.2) is 4.67 Å². The van der Waals surface area contributed by atoms with E-state index in [9.17, 15) is 4.57 Å². The summed E-state index contributed by atoms with van der Waals surface area (Å²) in [7, 11) is -0.579. The molecule has 2 saturated heterocycles. The van der Waals surface area contributed by atoms with E-state index in [0.29, 0.717) is 6.61 Å². The Kier molecular flexibility index (Phi) is 5.66. The zero-order chi connectivity index (χ0) is 14.8. The molecule has 0 saturated carbocycles. The molecule has 2 aliphatic heterocycles. The Balaban J connectivity index is 1.81. The van der Waals surface area contributed by atoms with Gasteiger partial charge >= 0.3 is 0 Å². The van der Waals surface area contributed by atoms with Crippen molar-refractivity contribution in [3.8, 4) is 0 Å². The smallest absolute Gasteiger partial charge is 0.269 e. The summed E-state index contributed by atoms with van der Waals surface area (Å²) in [6.45, 7) is 10.1. The topological polar surface area (TPSA) is 42.0 Å². The third-order valence-electron chi connectivity index (χ3n) is 4.28. The van der Waals surface area contributed by atoms with Crippen LogP contribution in [0.2, 0.25) is 0 Å². The van der Waals surface area contributed by atoms with E-state index in [4.69, 9.17) is 9.26 Å². The maximum absolute atomic E-state index is 12.7. The average molecular weight is 304 g/mol. The summed E-state index contributed by atoms with van der Waals surface area (Å²) in [4.78, 5) is 2.24. The average Bonchev–Trinajstić information content (AvgIpc) is 2.36. The number of rotatable bonds is 4. The van der Waals surface area contributed by atoms with Crippen LogP contribution in [0.15, 0.2) is 0 Å². The lowest BCUT2D eigenvalue weighted by Gasteiger charge is -2.37. The van der Waals surface area contributed by atoms with E-state index in [0.717, 1.165) is 44.9 Å². The number of ether oxygens (including phenoxy) is 1. The van der Waals surface area contributed by atoms with E-state index in [1.807, 2.05) is 4.67 Å². The molecule has 2 heterocycles. The fraction of sp³-hybridized carbons (Fsp3) is 1.00. The Morgan fingerprint density at radius 2 is 1.90 bits per heavy atom. The first-order chi connectivity index (χ1) is 9.37. The van der Waals surface area contributed by atoms with Gasteiger partial charge in [-0.05, 0) is 32.7 Å². The summed E-state index contributed by atoms with van der Waals surface area (Å²) in [6, 6.07) is 0. The van der Waals surface area contributed by atoms with Gasteiger partial charge in [0.25, 0.3) is 7.52 Å². The summed E-state index contributed by atoms with van der Waals surface area (Å²) >= 11 is 0. The molecule has 3 unspecified atom stereocenters. The van der Waals surface area contributed by atoms with Crippen LogP contribution >= 0.6 is 7.52 Å². The third-order valence-corrected chi connectivity index (χ3v) is 6.34. The van der Waals surface area contributed by atoms with Gasteiger partial charge in [0.1, 0.15) is 0 Å². The van der Waals surface area contributed by atoms with Crippen molar-refractivity contribution in [3.05, 3.63) is 0 Å². The van der Waals surface area contributed by atoms with E-state index in [1.54, 1.807) is 6.66 Å². The van der Waals surface area contributed by atoms with Crippen LogP contribution < -0.4 is 0 Å². The Hall–Kier alpha value is 0.0700. The highest BCUT2D eigenvalue weighted by molar-refractivity contribution is 7.55. The summed E-state index contributed by atoms with van der Waals surface area (Å²) in [5, 5.41) is 0. The molecular weight excluding hydrogens is 275 g/mol. The minimum atomic E-state index is -2.67. The Labute approximate surface area is 123 Å². The lowest BCUT2D eigenvalue weighted by molar-refractivity contribution is -0.0854. The highest BCUT2D eigenvalue weighted by atomic mass is 31.2. The SMILES string of the molecule is CC1CCN(P(C)(=O)OCC2CN(C)CC(C)O2)CC1. The molecule has 0 aromatic heterocycles. The van der Waals surface area contributed by atoms with Crippen molar-refractivity contribution >= 4 is 7.52 Å². The lowest BCUT2D eigenvalue weighted by atomic mass is 10.0. The molecule has 0 aliphatic carbocycles. The molecule has 0 aromatic carbocycles. The molecular formula is C14H29N2O3P. The molecule has 2 rings (SSSR count). The molecule has 0 radical (unpaired) electrons. The molecule has 118 valence electrons. The maximum Gasteiger partial charge on any atom is 0.269 e. The molecule has 6 heteroatoms. The first-order valence-electron chi connectivity index (χ1n) is 7.68. The van der Waals surface area contributed by atoms with Gasteiger partial charge in [0.05, 0.1) is 18.8 Å². The summed E-state index contributed by atoms with van der Waals surface area (Å²) in [5.74, 6) is 0.738. The van der Waals surface area contributed by atoms with Crippen molar-refractivity contribution < 1.29 is 13.8 Å². The van der Waals surface area contributed by atoms with E-state index in [-0.39, 0.29) is 12.2 Å². The molecule has 3 atom stereocenters. The number of nitrogens with zero attached hydrogens (tertiary/aromatic N) is 2. The van der Waals surface area contributed by atoms with Crippen LogP contribution in [0.25, 0.3) is 0 Å². The van der Waals surface area contributed by atoms with E-state index < -0.39 is 7.52 Å². The normalized spacial score (nSPS) is 34.0. The van der Waals surface area contributed by atoms with Crippen LogP contribution in [0.5, 0.6) is 0 Å². The monoisotopic (exact) mass is 304 g/mol. The number of hydrogen-bond acceptors (Lipinski definition) is 4. The fourth-order valence-corrected chi connectivity index (χ4v) is 4.59. The van der Waals surface area contributed by atoms with Gasteiger partial charge in [-0.1, -0.05) is 6.92 Å². The van der Waals surface area contributed by atoms with Gasteiger partial charge in [-0.3, -0.25) is 4.57 Å². The van der Waals surface area contributed by atoms with Gasteiger partial charge in [-0.2, -0.15) is 0 Å². The molecule has 0 spiro atoms. The summed E-state index contributed by atoms with van der Waals surface area (Å²) < 4.78 is 26.4. The highest BCUT2D eigenvalue weighted by Gasteiger charge is 2.31. The fourth-order valence-electron chi connectivity index (χ4n) is 3.03. The predicted octanol–water partition coefficient (Wildman–Crippen LogP) is 2.28. The molecule has 5 nitrogen and oxygen atoms in total. The van der Waals surface area contributed by atoms with Crippen LogP contribution in [0.3, 0.4) is 0 Å². The van der Waals surface area contributed by atoms with Gasteiger partial charge in [0, 0.05) is 32.8 Å². The summed E-state index contributed by atoms with van der Waals surface area (Å²) in [5.41, 5.74) is 0. The van der Waals surface area contributed by atoms with Crippen molar-refractivity contribution in [3.63, 3.8) is 0 Å².